The highest BCUT2D eigenvalue weighted by Crippen LogP contribution is 2.13. The molecule has 14 heavy (non-hydrogen) atoms. The number of nitrogens with one attached hydrogen (secondary N) is 1. The number of aromatic nitrogens is 2. The van der Waals surface area contributed by atoms with Crippen LogP contribution in [0.3, 0.4) is 0 Å². The summed E-state index contributed by atoms with van der Waals surface area (Å²) in [5, 5.41) is 5.33. The van der Waals surface area contributed by atoms with E-state index in [0.717, 1.165) is 36.0 Å². The third kappa shape index (κ3) is 1.13. The number of nitrogens with zero attached hydrogens (tertiary/aromatic N) is 3. The molecule has 1 aliphatic rings. The minimum Gasteiger partial charge on any atom is -0.369 e. The van der Waals surface area contributed by atoms with Gasteiger partial charge in [0.05, 0.1) is 6.20 Å². The molecule has 0 atom stereocenters. The van der Waals surface area contributed by atoms with E-state index in [2.05, 4.69) is 19.7 Å². The van der Waals surface area contributed by atoms with Gasteiger partial charge >= 0.3 is 0 Å². The average molecular weight is 206 g/mol. The molecular formula is C9H10N4S. The molecular weight excluding hydrogens is 196 g/mol. The van der Waals surface area contributed by atoms with Crippen molar-refractivity contribution < 1.29 is 0 Å². The molecule has 0 saturated carbocycles. The third-order valence-corrected chi connectivity index (χ3v) is 3.06. The van der Waals surface area contributed by atoms with Crippen LogP contribution in [-0.4, -0.2) is 28.3 Å². The second kappa shape index (κ2) is 3.09. The number of thiazole rings is 1. The monoisotopic (exact) mass is 206 g/mol. The van der Waals surface area contributed by atoms with E-state index in [1.54, 1.807) is 11.3 Å². The summed E-state index contributed by atoms with van der Waals surface area (Å²) in [4.78, 5) is 9.79. The maximum absolute atomic E-state index is 4.45. The van der Waals surface area contributed by atoms with Gasteiger partial charge in [-0.2, -0.15) is 0 Å². The number of fused-ring (bicyclic) bond motifs is 1. The molecule has 2 aromatic heterocycles. The summed E-state index contributed by atoms with van der Waals surface area (Å²) >= 11 is 1.64. The summed E-state index contributed by atoms with van der Waals surface area (Å²) in [6, 6.07) is 0. The van der Waals surface area contributed by atoms with Crippen molar-refractivity contribution in [3.05, 3.63) is 23.5 Å². The topological polar surface area (TPSA) is 41.7 Å². The summed E-state index contributed by atoms with van der Waals surface area (Å²) in [6.07, 6.45) is 5.03. The van der Waals surface area contributed by atoms with Gasteiger partial charge in [0.15, 0.2) is 4.96 Å². The first-order valence-corrected chi connectivity index (χ1v) is 5.52. The van der Waals surface area contributed by atoms with Crippen molar-refractivity contribution in [1.29, 1.82) is 0 Å². The van der Waals surface area contributed by atoms with Crippen LogP contribution in [0.15, 0.2) is 22.8 Å². The Balaban J connectivity index is 2.12. The fourth-order valence-corrected chi connectivity index (χ4v) is 2.30. The van der Waals surface area contributed by atoms with Gasteiger partial charge in [0, 0.05) is 24.7 Å². The number of hydrogen-bond donors (Lipinski definition) is 1. The Morgan fingerprint density at radius 3 is 3.36 bits per heavy atom. The van der Waals surface area contributed by atoms with Crippen LogP contribution in [0.5, 0.6) is 0 Å². The van der Waals surface area contributed by atoms with Crippen molar-refractivity contribution in [2.75, 3.05) is 13.1 Å². The van der Waals surface area contributed by atoms with E-state index in [1.807, 2.05) is 17.8 Å². The maximum Gasteiger partial charge on any atom is 0.194 e. The second-order valence-corrected chi connectivity index (χ2v) is 4.08. The largest absolute Gasteiger partial charge is 0.369 e. The fourth-order valence-electron chi connectivity index (χ4n) is 1.61. The van der Waals surface area contributed by atoms with Crippen LogP contribution < -0.4 is 5.32 Å². The first-order chi connectivity index (χ1) is 6.95. The van der Waals surface area contributed by atoms with Gasteiger partial charge < -0.3 is 5.32 Å². The lowest BCUT2D eigenvalue weighted by atomic mass is 10.3. The van der Waals surface area contributed by atoms with E-state index in [4.69, 9.17) is 0 Å². The summed E-state index contributed by atoms with van der Waals surface area (Å²) < 4.78 is 2.07. The molecule has 0 aliphatic carbocycles. The summed E-state index contributed by atoms with van der Waals surface area (Å²) in [5.41, 5.74) is 1.07. The van der Waals surface area contributed by atoms with E-state index in [9.17, 15) is 0 Å². The van der Waals surface area contributed by atoms with Gasteiger partial charge in [-0.05, 0) is 6.42 Å². The Morgan fingerprint density at radius 1 is 1.50 bits per heavy atom. The lowest BCUT2D eigenvalue weighted by Crippen LogP contribution is -2.30. The highest BCUT2D eigenvalue weighted by atomic mass is 32.1. The number of imidazole rings is 1. The molecule has 5 heteroatoms. The molecule has 0 amide bonds. The Morgan fingerprint density at radius 2 is 2.50 bits per heavy atom. The van der Waals surface area contributed by atoms with E-state index in [-0.39, 0.29) is 0 Å². The first-order valence-electron chi connectivity index (χ1n) is 4.64. The molecule has 0 bridgehead atoms. The molecule has 0 saturated heterocycles. The zero-order valence-corrected chi connectivity index (χ0v) is 8.42. The molecule has 3 rings (SSSR count). The first kappa shape index (κ1) is 7.99. The Kier molecular flexibility index (Phi) is 1.77. The van der Waals surface area contributed by atoms with Crippen LogP contribution in [0.25, 0.3) is 4.96 Å². The summed E-state index contributed by atoms with van der Waals surface area (Å²) in [6.45, 7) is 1.93. The number of hydrogen-bond acceptors (Lipinski definition) is 4. The molecule has 2 aromatic rings. The Bertz CT molecular complexity index is 482. The number of amidine groups is 1. The molecule has 1 N–H and O–H groups in total. The predicted octanol–water partition coefficient (Wildman–Crippen LogP) is 1.14. The third-order valence-electron chi connectivity index (χ3n) is 2.29. The van der Waals surface area contributed by atoms with E-state index >= 15 is 0 Å². The van der Waals surface area contributed by atoms with Crippen molar-refractivity contribution in [3.8, 4) is 0 Å². The zero-order valence-electron chi connectivity index (χ0n) is 7.60. The smallest absolute Gasteiger partial charge is 0.194 e. The average Bonchev–Trinajstić information content (AvgIpc) is 2.79. The molecule has 1 aliphatic heterocycles. The van der Waals surface area contributed by atoms with Crippen molar-refractivity contribution in [2.24, 2.45) is 4.99 Å². The summed E-state index contributed by atoms with van der Waals surface area (Å²) in [5.74, 6) is 0.974. The van der Waals surface area contributed by atoms with Gasteiger partial charge in [0.2, 0.25) is 0 Å². The van der Waals surface area contributed by atoms with Gasteiger partial charge in [-0.1, -0.05) is 0 Å². The predicted molar refractivity (Wildman–Crippen MR) is 57.1 cm³/mol. The molecule has 0 fully saturated rings. The molecule has 3 heterocycles. The number of rotatable bonds is 1. The quantitative estimate of drug-likeness (QED) is 0.760. The van der Waals surface area contributed by atoms with Crippen LogP contribution in [0.1, 0.15) is 12.1 Å². The Labute approximate surface area is 85.3 Å². The van der Waals surface area contributed by atoms with Crippen LogP contribution >= 0.6 is 11.3 Å². The maximum atomic E-state index is 4.45. The van der Waals surface area contributed by atoms with Crippen LogP contribution in [0.4, 0.5) is 0 Å². The van der Waals surface area contributed by atoms with Crippen LogP contribution in [0.2, 0.25) is 0 Å². The Hall–Kier alpha value is -1.36. The van der Waals surface area contributed by atoms with E-state index < -0.39 is 0 Å². The van der Waals surface area contributed by atoms with Crippen molar-refractivity contribution >= 4 is 22.1 Å². The van der Waals surface area contributed by atoms with Gasteiger partial charge in [0.25, 0.3) is 0 Å². The minimum atomic E-state index is 0.916. The lowest BCUT2D eigenvalue weighted by molar-refractivity contribution is 0.739. The number of aliphatic imine (C=N–C) groups is 1. The highest BCUT2D eigenvalue weighted by Gasteiger charge is 2.12. The highest BCUT2D eigenvalue weighted by molar-refractivity contribution is 7.15. The van der Waals surface area contributed by atoms with E-state index in [0.29, 0.717) is 0 Å². The second-order valence-electron chi connectivity index (χ2n) is 3.21. The zero-order chi connectivity index (χ0) is 9.38. The van der Waals surface area contributed by atoms with Crippen molar-refractivity contribution in [1.82, 2.24) is 14.7 Å². The van der Waals surface area contributed by atoms with Crippen LogP contribution in [-0.2, 0) is 0 Å². The SMILES string of the molecule is c1cn2c(C3=NCCCN3)cnc2s1. The van der Waals surface area contributed by atoms with Crippen molar-refractivity contribution in [3.63, 3.8) is 0 Å². The van der Waals surface area contributed by atoms with E-state index in [1.165, 1.54) is 0 Å². The minimum absolute atomic E-state index is 0.916. The van der Waals surface area contributed by atoms with Gasteiger partial charge in [-0.15, -0.1) is 11.3 Å². The fraction of sp³-hybridized carbons (Fsp3) is 0.333. The lowest BCUT2D eigenvalue weighted by Gasteiger charge is -2.13. The van der Waals surface area contributed by atoms with Gasteiger partial charge in [-0.3, -0.25) is 9.39 Å². The standard InChI is InChI=1S/C9H10N4S/c1-2-10-8(11-3-1)7-6-12-9-13(7)4-5-14-9/h4-6H,1-3H2,(H,10,11). The molecule has 0 aromatic carbocycles. The molecule has 0 unspecified atom stereocenters. The molecule has 0 spiro atoms. The molecule has 72 valence electrons. The van der Waals surface area contributed by atoms with Gasteiger partial charge in [0.1, 0.15) is 11.5 Å². The van der Waals surface area contributed by atoms with Crippen LogP contribution in [0, 0.1) is 0 Å². The van der Waals surface area contributed by atoms with Crippen molar-refractivity contribution in [2.45, 2.75) is 6.42 Å². The summed E-state index contributed by atoms with van der Waals surface area (Å²) in [7, 11) is 0. The molecule has 0 radical (unpaired) electrons. The molecule has 4 nitrogen and oxygen atoms in total. The van der Waals surface area contributed by atoms with Gasteiger partial charge in [-0.25, -0.2) is 4.98 Å². The normalized spacial score (nSPS) is 16.7.